The van der Waals surface area contributed by atoms with Gasteiger partial charge in [-0.1, -0.05) is 23.7 Å². The molecule has 0 aliphatic heterocycles. The van der Waals surface area contributed by atoms with Crippen molar-refractivity contribution in [3.63, 3.8) is 0 Å². The number of nitrogens with two attached hydrogens (primary N) is 1. The van der Waals surface area contributed by atoms with Crippen LogP contribution in [0.15, 0.2) is 58.8 Å². The molecule has 0 saturated heterocycles. The number of hydrazone groups is 1. The van der Waals surface area contributed by atoms with Crippen LogP contribution in [0.3, 0.4) is 0 Å². The number of aryl methyl sites for hydroxylation is 2. The second-order valence-corrected chi connectivity index (χ2v) is 6.69. The van der Waals surface area contributed by atoms with Crippen molar-refractivity contribution < 1.29 is 14.3 Å². The predicted molar refractivity (Wildman–Crippen MR) is 109 cm³/mol. The van der Waals surface area contributed by atoms with E-state index < -0.39 is 11.6 Å². The predicted octanol–water partition coefficient (Wildman–Crippen LogP) is 4.52. The number of benzene rings is 2. The number of aliphatic hydroxyl groups is 1. The van der Waals surface area contributed by atoms with E-state index in [1.165, 1.54) is 12.1 Å². The number of hydrogen-bond donors (Lipinski definition) is 4. The van der Waals surface area contributed by atoms with Crippen molar-refractivity contribution in [3.8, 4) is 0 Å². The van der Waals surface area contributed by atoms with Crippen LogP contribution < -0.4 is 5.84 Å². The van der Waals surface area contributed by atoms with Crippen LogP contribution in [-0.2, 0) is 17.6 Å². The molecule has 0 amide bonds. The lowest BCUT2D eigenvalue weighted by Crippen LogP contribution is -2.11. The Morgan fingerprint density at radius 3 is 2.62 bits per heavy atom. The molecule has 0 radical (unpaired) electrons. The van der Waals surface area contributed by atoms with Crippen molar-refractivity contribution in [2.75, 3.05) is 0 Å². The molecule has 7 nitrogen and oxygen atoms in total. The number of aromatic amines is 1. The van der Waals surface area contributed by atoms with Gasteiger partial charge in [0.2, 0.25) is 11.6 Å². The summed E-state index contributed by atoms with van der Waals surface area (Å²) in [4.78, 5) is 15.3. The summed E-state index contributed by atoms with van der Waals surface area (Å²) in [6, 6.07) is 11.3. The minimum Gasteiger partial charge on any atom is -0.507 e. The first kappa shape index (κ1) is 20.2. The molecular weight excluding hydrogens is 397 g/mol. The van der Waals surface area contributed by atoms with Crippen LogP contribution in [0.25, 0.3) is 16.7 Å². The largest absolute Gasteiger partial charge is 0.507 e. The average molecular weight is 414 g/mol. The Balaban J connectivity index is 2.02. The number of carbonyl (C=O) groups is 1. The second-order valence-electron chi connectivity index (χ2n) is 6.25. The number of H-pyrrole nitrogens is 1. The minimum atomic E-state index is -0.805. The highest BCUT2D eigenvalue weighted by Gasteiger charge is 2.18. The number of amidine groups is 1. The van der Waals surface area contributed by atoms with Crippen LogP contribution in [0, 0.1) is 11.3 Å². The first-order chi connectivity index (χ1) is 13.9. The Kier molecular flexibility index (Phi) is 6.04. The highest BCUT2D eigenvalue weighted by molar-refractivity contribution is 6.44. The van der Waals surface area contributed by atoms with Crippen LogP contribution in [0.4, 0.5) is 4.39 Å². The topological polar surface area (TPSA) is 128 Å². The third-order valence-corrected chi connectivity index (χ3v) is 4.62. The molecule has 9 heteroatoms. The van der Waals surface area contributed by atoms with E-state index in [9.17, 15) is 14.3 Å². The van der Waals surface area contributed by atoms with E-state index in [2.05, 4.69) is 15.2 Å². The number of nitrogens with one attached hydrogen (secondary N) is 2. The Labute approximate surface area is 170 Å². The van der Waals surface area contributed by atoms with Crippen molar-refractivity contribution in [1.29, 1.82) is 5.53 Å². The Morgan fingerprint density at radius 2 is 1.97 bits per heavy atom. The maximum atomic E-state index is 13.1. The van der Waals surface area contributed by atoms with Gasteiger partial charge < -0.3 is 15.9 Å². The number of ketones is 1. The van der Waals surface area contributed by atoms with Crippen LogP contribution >= 0.6 is 11.6 Å². The van der Waals surface area contributed by atoms with Crippen LogP contribution in [0.5, 0.6) is 0 Å². The zero-order chi connectivity index (χ0) is 21.0. The van der Waals surface area contributed by atoms with Gasteiger partial charge in [-0.25, -0.2) is 9.92 Å². The van der Waals surface area contributed by atoms with Crippen LogP contribution in [0.2, 0.25) is 5.02 Å². The van der Waals surface area contributed by atoms with Crippen LogP contribution in [0.1, 0.15) is 16.8 Å². The van der Waals surface area contributed by atoms with E-state index in [0.29, 0.717) is 34.5 Å². The summed E-state index contributed by atoms with van der Waals surface area (Å²) in [5.41, 5.74) is 9.63. The average Bonchev–Trinajstić information content (AvgIpc) is 3.06. The Bertz CT molecular complexity index is 1140. The van der Waals surface area contributed by atoms with Gasteiger partial charge in [0.15, 0.2) is 0 Å². The standard InChI is InChI=1S/C20H17ClFN5O2/c21-12-4-8-15-14(9-12)19(17(28)10-18(29)20(26-23)27-24)16(25-15)7-3-11-1-5-13(22)6-2-11/h1-2,4-6,8-10,23,25,28H,3,7,24H2/b17-10?,26-23?,27-20-. The summed E-state index contributed by atoms with van der Waals surface area (Å²) in [6.45, 7) is 0. The molecule has 0 aliphatic rings. The Morgan fingerprint density at radius 1 is 1.24 bits per heavy atom. The van der Waals surface area contributed by atoms with E-state index in [4.69, 9.17) is 23.0 Å². The van der Waals surface area contributed by atoms with Gasteiger partial charge in [-0.05, 0) is 48.7 Å². The van der Waals surface area contributed by atoms with Crippen LogP contribution in [-0.4, -0.2) is 21.7 Å². The number of fused-ring (bicyclic) bond motifs is 1. The minimum absolute atomic E-state index is 0.314. The van der Waals surface area contributed by atoms with Gasteiger partial charge in [0.1, 0.15) is 11.6 Å². The maximum absolute atomic E-state index is 13.1. The van der Waals surface area contributed by atoms with E-state index in [0.717, 1.165) is 17.2 Å². The lowest BCUT2D eigenvalue weighted by atomic mass is 10.0. The van der Waals surface area contributed by atoms with E-state index in [-0.39, 0.29) is 11.6 Å². The van der Waals surface area contributed by atoms with Gasteiger partial charge in [-0.3, -0.25) is 4.79 Å². The smallest absolute Gasteiger partial charge is 0.239 e. The molecule has 148 valence electrons. The third kappa shape index (κ3) is 4.49. The molecule has 0 unspecified atom stereocenters. The summed E-state index contributed by atoms with van der Waals surface area (Å²) in [6.07, 6.45) is 1.97. The van der Waals surface area contributed by atoms with E-state index >= 15 is 0 Å². The fraction of sp³-hybridized carbons (Fsp3) is 0.100. The number of hydrogen-bond acceptors (Lipinski definition) is 5. The molecule has 1 heterocycles. The van der Waals surface area contributed by atoms with Gasteiger partial charge in [-0.15, -0.1) is 5.11 Å². The van der Waals surface area contributed by atoms with Gasteiger partial charge in [0.05, 0.1) is 0 Å². The zero-order valence-corrected chi connectivity index (χ0v) is 15.9. The molecule has 1 aromatic heterocycles. The molecule has 0 saturated carbocycles. The maximum Gasteiger partial charge on any atom is 0.239 e. The Hall–Kier alpha value is -3.52. The molecule has 29 heavy (non-hydrogen) atoms. The fourth-order valence-electron chi connectivity index (χ4n) is 3.03. The van der Waals surface area contributed by atoms with E-state index in [1.807, 2.05) is 0 Å². The monoisotopic (exact) mass is 413 g/mol. The number of aromatic nitrogens is 1. The molecule has 5 N–H and O–H groups in total. The number of aliphatic hydroxyl groups excluding tert-OH is 1. The van der Waals surface area contributed by atoms with E-state index in [1.54, 1.807) is 30.3 Å². The highest BCUT2D eigenvalue weighted by Crippen LogP contribution is 2.31. The normalized spacial score (nSPS) is 12.3. The molecular formula is C20H17ClFN5O2. The van der Waals surface area contributed by atoms with Gasteiger partial charge in [-0.2, -0.15) is 5.10 Å². The quantitative estimate of drug-likeness (QED) is 0.0901. The third-order valence-electron chi connectivity index (χ3n) is 4.39. The molecule has 0 bridgehead atoms. The molecule has 0 aliphatic carbocycles. The highest BCUT2D eigenvalue weighted by atomic mass is 35.5. The first-order valence-electron chi connectivity index (χ1n) is 8.58. The number of rotatable bonds is 6. The molecule has 0 fully saturated rings. The number of nitrogens with zero attached hydrogens (tertiary/aromatic N) is 2. The lowest BCUT2D eigenvalue weighted by Gasteiger charge is -2.05. The number of halogens is 2. The van der Waals surface area contributed by atoms with Crippen molar-refractivity contribution in [2.45, 2.75) is 12.8 Å². The van der Waals surface area contributed by atoms with Crippen molar-refractivity contribution in [2.24, 2.45) is 16.1 Å². The molecule has 3 aromatic rings. The van der Waals surface area contributed by atoms with Crippen molar-refractivity contribution in [3.05, 3.63) is 76.2 Å². The molecule has 3 rings (SSSR count). The van der Waals surface area contributed by atoms with Crippen molar-refractivity contribution >= 4 is 39.9 Å². The van der Waals surface area contributed by atoms with Crippen molar-refractivity contribution in [1.82, 2.24) is 4.98 Å². The lowest BCUT2D eigenvalue weighted by molar-refractivity contribution is -0.109. The fourth-order valence-corrected chi connectivity index (χ4v) is 3.20. The molecule has 0 atom stereocenters. The summed E-state index contributed by atoms with van der Waals surface area (Å²) in [7, 11) is 0. The van der Waals surface area contributed by atoms with Gasteiger partial charge in [0.25, 0.3) is 0 Å². The summed E-state index contributed by atoms with van der Waals surface area (Å²) in [5.74, 6) is 3.04. The summed E-state index contributed by atoms with van der Waals surface area (Å²) < 4.78 is 13.1. The SMILES string of the molecule is N=N/C(=N\N)C(=O)C=C(O)c1c(CCc2ccc(F)cc2)[nH]c2ccc(Cl)cc12. The van der Waals surface area contributed by atoms with Gasteiger partial charge in [0, 0.05) is 33.3 Å². The summed E-state index contributed by atoms with van der Waals surface area (Å²) in [5, 5.41) is 17.8. The molecule has 0 spiro atoms. The summed E-state index contributed by atoms with van der Waals surface area (Å²) >= 11 is 6.10. The first-order valence-corrected chi connectivity index (χ1v) is 8.96. The van der Waals surface area contributed by atoms with Gasteiger partial charge >= 0.3 is 0 Å². The zero-order valence-electron chi connectivity index (χ0n) is 15.1. The molecule has 2 aromatic carbocycles. The second kappa shape index (κ2) is 8.66. The number of carbonyl (C=O) groups excluding carboxylic acids is 1.